The average molecular weight is 311 g/mol. The first-order chi connectivity index (χ1) is 10.3. The summed E-state index contributed by atoms with van der Waals surface area (Å²) in [4.78, 5) is 19.7. The van der Waals surface area contributed by atoms with Crippen LogP contribution in [0.2, 0.25) is 0 Å². The van der Waals surface area contributed by atoms with Gasteiger partial charge in [0.1, 0.15) is 0 Å². The molecule has 22 heavy (non-hydrogen) atoms. The molecule has 1 aliphatic heterocycles. The Morgan fingerprint density at radius 1 is 1.32 bits per heavy atom. The summed E-state index contributed by atoms with van der Waals surface area (Å²) in [5.74, 6) is -2.80. The summed E-state index contributed by atoms with van der Waals surface area (Å²) in [6.45, 7) is 4.84. The third-order valence-electron chi connectivity index (χ3n) is 3.43. The molecule has 2 N–H and O–H groups in total. The van der Waals surface area contributed by atoms with E-state index in [2.05, 4.69) is 5.32 Å². The first kappa shape index (κ1) is 18.0. The molecule has 120 valence electrons. The van der Waals surface area contributed by atoms with Gasteiger partial charge in [-0.25, -0.2) is 13.6 Å². The normalized spacial score (nSPS) is 20.5. The van der Waals surface area contributed by atoms with Gasteiger partial charge in [0.25, 0.3) is 0 Å². The smallest absolute Gasteiger partial charge is 0.328 e. The first-order valence-corrected chi connectivity index (χ1v) is 6.83. The molecule has 6 heteroatoms. The van der Waals surface area contributed by atoms with Crippen molar-refractivity contribution in [2.24, 2.45) is 0 Å². The van der Waals surface area contributed by atoms with Gasteiger partial charge in [0.05, 0.1) is 0 Å². The van der Waals surface area contributed by atoms with E-state index in [1.165, 1.54) is 6.92 Å². The van der Waals surface area contributed by atoms with Crippen LogP contribution in [0.3, 0.4) is 0 Å². The highest BCUT2D eigenvalue weighted by molar-refractivity contribution is 5.93. The number of benzene rings is 1. The van der Waals surface area contributed by atoms with E-state index in [0.29, 0.717) is 12.1 Å². The second-order valence-electron chi connectivity index (χ2n) is 5.37. The van der Waals surface area contributed by atoms with E-state index in [1.54, 1.807) is 12.1 Å². The molecule has 1 saturated heterocycles. The van der Waals surface area contributed by atoms with Crippen molar-refractivity contribution in [2.45, 2.75) is 25.7 Å². The van der Waals surface area contributed by atoms with Crippen LogP contribution >= 0.6 is 0 Å². The fraction of sp³-hybridized carbons (Fsp3) is 0.375. The van der Waals surface area contributed by atoms with Crippen LogP contribution in [0.4, 0.5) is 8.78 Å². The monoisotopic (exact) mass is 311 g/mol. The van der Waals surface area contributed by atoms with Gasteiger partial charge in [-0.1, -0.05) is 19.1 Å². The summed E-state index contributed by atoms with van der Waals surface area (Å²) in [5.41, 5.74) is 0.231. The van der Waals surface area contributed by atoms with E-state index in [9.17, 15) is 18.4 Å². The highest BCUT2D eigenvalue weighted by Crippen LogP contribution is 2.32. The van der Waals surface area contributed by atoms with Crippen LogP contribution in [0.15, 0.2) is 30.4 Å². The first-order valence-electron chi connectivity index (χ1n) is 6.83. The SMILES string of the molecule is CC(=O)/C=C/C(=O)O.C[C@]1(c2cccc(F)c2F)CCNC1. The highest BCUT2D eigenvalue weighted by Gasteiger charge is 2.33. The van der Waals surface area contributed by atoms with Gasteiger partial charge in [0.2, 0.25) is 0 Å². The minimum absolute atomic E-state index is 0.257. The Bertz CT molecular complexity index is 563. The molecule has 0 aromatic heterocycles. The van der Waals surface area contributed by atoms with Gasteiger partial charge in [-0.2, -0.15) is 0 Å². The van der Waals surface area contributed by atoms with Gasteiger partial charge in [-0.3, -0.25) is 4.79 Å². The Balaban J connectivity index is 0.000000261. The molecular weight excluding hydrogens is 292 g/mol. The van der Waals surface area contributed by atoms with E-state index >= 15 is 0 Å². The van der Waals surface area contributed by atoms with E-state index in [-0.39, 0.29) is 11.2 Å². The summed E-state index contributed by atoms with van der Waals surface area (Å²) in [5, 5.41) is 11.1. The number of rotatable bonds is 3. The number of aliphatic carboxylic acids is 1. The largest absolute Gasteiger partial charge is 0.478 e. The number of halogens is 2. The molecule has 4 nitrogen and oxygen atoms in total. The van der Waals surface area contributed by atoms with Crippen LogP contribution in [-0.4, -0.2) is 29.9 Å². The van der Waals surface area contributed by atoms with E-state index in [0.717, 1.165) is 31.2 Å². The molecular formula is C16H19F2NO3. The average Bonchev–Trinajstić information content (AvgIpc) is 2.88. The number of hydrogen-bond donors (Lipinski definition) is 2. The fourth-order valence-electron chi connectivity index (χ4n) is 2.21. The van der Waals surface area contributed by atoms with Crippen LogP contribution < -0.4 is 5.32 Å². The van der Waals surface area contributed by atoms with Crippen molar-refractivity contribution in [1.82, 2.24) is 5.32 Å². The van der Waals surface area contributed by atoms with Crippen molar-refractivity contribution in [2.75, 3.05) is 13.1 Å². The van der Waals surface area contributed by atoms with Gasteiger partial charge >= 0.3 is 5.97 Å². The summed E-state index contributed by atoms with van der Waals surface area (Å²) in [7, 11) is 0. The summed E-state index contributed by atoms with van der Waals surface area (Å²) in [6.07, 6.45) is 2.66. The van der Waals surface area contributed by atoms with Crippen molar-refractivity contribution in [3.63, 3.8) is 0 Å². The molecule has 1 aliphatic rings. The second-order valence-corrected chi connectivity index (χ2v) is 5.37. The lowest BCUT2D eigenvalue weighted by Crippen LogP contribution is -2.26. The number of nitrogens with one attached hydrogen (secondary N) is 1. The quantitative estimate of drug-likeness (QED) is 0.842. The molecule has 0 aliphatic carbocycles. The molecule has 1 fully saturated rings. The van der Waals surface area contributed by atoms with Crippen LogP contribution in [0.25, 0.3) is 0 Å². The minimum atomic E-state index is -1.10. The van der Waals surface area contributed by atoms with E-state index in [4.69, 9.17) is 5.11 Å². The third-order valence-corrected chi connectivity index (χ3v) is 3.43. The minimum Gasteiger partial charge on any atom is -0.478 e. The molecule has 0 saturated carbocycles. The predicted molar refractivity (Wildman–Crippen MR) is 78.7 cm³/mol. The zero-order valence-corrected chi connectivity index (χ0v) is 12.5. The van der Waals surface area contributed by atoms with Crippen LogP contribution in [-0.2, 0) is 15.0 Å². The Morgan fingerprint density at radius 3 is 2.45 bits per heavy atom. The van der Waals surface area contributed by atoms with Crippen LogP contribution in [0.5, 0.6) is 0 Å². The second kappa shape index (κ2) is 7.79. The molecule has 0 bridgehead atoms. The van der Waals surface area contributed by atoms with Gasteiger partial charge in [-0.15, -0.1) is 0 Å². The standard InChI is InChI=1S/C11H13F2N.C5H6O3/c1-11(5-6-14-7-11)8-3-2-4-9(12)10(8)13;1-4(6)2-3-5(7)8/h2-4,14H,5-7H2,1H3;2-3H,1H3,(H,7,8)/b;3-2+/t11-;/m0./s1. The highest BCUT2D eigenvalue weighted by atomic mass is 19.2. The van der Waals surface area contributed by atoms with Crippen molar-refractivity contribution >= 4 is 11.8 Å². The number of hydrogen-bond acceptors (Lipinski definition) is 3. The summed E-state index contributed by atoms with van der Waals surface area (Å²) >= 11 is 0. The molecule has 1 aromatic rings. The van der Waals surface area contributed by atoms with Crippen molar-refractivity contribution < 1.29 is 23.5 Å². The van der Waals surface area contributed by atoms with Crippen LogP contribution in [0, 0.1) is 11.6 Å². The molecule has 2 rings (SSSR count). The number of ketones is 1. The van der Waals surface area contributed by atoms with Crippen LogP contribution in [0.1, 0.15) is 25.8 Å². The molecule has 1 atom stereocenters. The van der Waals surface area contributed by atoms with Gasteiger partial charge in [0.15, 0.2) is 17.4 Å². The number of allylic oxidation sites excluding steroid dienone is 1. The van der Waals surface area contributed by atoms with Crippen molar-refractivity contribution in [3.05, 3.63) is 47.5 Å². The molecule has 0 spiro atoms. The maximum atomic E-state index is 13.5. The molecule has 0 unspecified atom stereocenters. The van der Waals surface area contributed by atoms with Crippen molar-refractivity contribution in [3.8, 4) is 0 Å². The number of carboxylic acid groups (broad SMARTS) is 1. The zero-order chi connectivity index (χ0) is 16.8. The van der Waals surface area contributed by atoms with Gasteiger partial charge < -0.3 is 10.4 Å². The third kappa shape index (κ3) is 5.04. The molecule has 0 amide bonds. The van der Waals surface area contributed by atoms with E-state index < -0.39 is 17.6 Å². The van der Waals surface area contributed by atoms with Crippen molar-refractivity contribution in [1.29, 1.82) is 0 Å². The number of carbonyl (C=O) groups excluding carboxylic acids is 1. The van der Waals surface area contributed by atoms with E-state index in [1.807, 2.05) is 6.92 Å². The Morgan fingerprint density at radius 2 is 2.00 bits per heavy atom. The summed E-state index contributed by atoms with van der Waals surface area (Å²) < 4.78 is 26.5. The Hall–Kier alpha value is -2.08. The fourth-order valence-corrected chi connectivity index (χ4v) is 2.21. The summed E-state index contributed by atoms with van der Waals surface area (Å²) in [6, 6.07) is 4.40. The lowest BCUT2D eigenvalue weighted by Gasteiger charge is -2.23. The predicted octanol–water partition coefficient (Wildman–Crippen LogP) is 2.43. The Labute approximate surface area is 127 Å². The number of carboxylic acids is 1. The molecule has 1 heterocycles. The topological polar surface area (TPSA) is 66.4 Å². The maximum Gasteiger partial charge on any atom is 0.328 e. The van der Waals surface area contributed by atoms with Gasteiger partial charge in [0, 0.05) is 18.0 Å². The molecule has 0 radical (unpaired) electrons. The zero-order valence-electron chi connectivity index (χ0n) is 12.5. The lowest BCUT2D eigenvalue weighted by atomic mass is 9.81. The lowest BCUT2D eigenvalue weighted by molar-refractivity contribution is -0.131. The number of carbonyl (C=O) groups is 2. The Kier molecular flexibility index (Phi) is 6.37. The maximum absolute atomic E-state index is 13.5. The van der Waals surface area contributed by atoms with Gasteiger partial charge in [-0.05, 0) is 37.6 Å². The molecule has 1 aromatic carbocycles.